The van der Waals surface area contributed by atoms with Crippen LogP contribution in [0, 0.1) is 0 Å². The van der Waals surface area contributed by atoms with Crippen molar-refractivity contribution in [1.29, 1.82) is 0 Å². The van der Waals surface area contributed by atoms with E-state index in [-0.39, 0.29) is 21.4 Å². The highest BCUT2D eigenvalue weighted by Gasteiger charge is 2.35. The van der Waals surface area contributed by atoms with Crippen LogP contribution in [0.15, 0.2) is 27.8 Å². The number of methoxy groups -OCH3 is 1. The fourth-order valence-electron chi connectivity index (χ4n) is 2.65. The number of benzene rings is 1. The van der Waals surface area contributed by atoms with Gasteiger partial charge in [0.15, 0.2) is 12.7 Å². The molecule has 0 spiro atoms. The lowest BCUT2D eigenvalue weighted by atomic mass is 10.2. The summed E-state index contributed by atoms with van der Waals surface area (Å²) >= 11 is 12.3. The largest absolute Gasteiger partial charge is 0.480 e. The van der Waals surface area contributed by atoms with Crippen LogP contribution >= 0.6 is 23.2 Å². The summed E-state index contributed by atoms with van der Waals surface area (Å²) in [5.41, 5.74) is -3.64. The minimum absolute atomic E-state index is 0.0549. The third kappa shape index (κ3) is 6.08. The van der Waals surface area contributed by atoms with Gasteiger partial charge in [0.2, 0.25) is 0 Å². The summed E-state index contributed by atoms with van der Waals surface area (Å²) in [4.78, 5) is 47.5. The van der Waals surface area contributed by atoms with Gasteiger partial charge in [-0.3, -0.25) is 13.9 Å². The molecule has 33 heavy (non-hydrogen) atoms. The molecule has 0 amide bonds. The molecule has 1 heterocycles. The number of hydrogen-bond acceptors (Lipinski definition) is 7. The Bertz CT molecular complexity index is 1190. The predicted octanol–water partition coefficient (Wildman–Crippen LogP) is 2.40. The Labute approximate surface area is 194 Å². The molecule has 1 aromatic carbocycles. The summed E-state index contributed by atoms with van der Waals surface area (Å²) in [5.74, 6) is -1.72. The van der Waals surface area contributed by atoms with Crippen molar-refractivity contribution in [1.82, 2.24) is 9.13 Å². The second-order valence-corrected chi connectivity index (χ2v) is 7.34. The van der Waals surface area contributed by atoms with Crippen LogP contribution in [0.5, 0.6) is 5.75 Å². The second-order valence-electron chi connectivity index (χ2n) is 6.59. The van der Waals surface area contributed by atoms with E-state index in [0.717, 1.165) is 14.2 Å². The molecule has 2 aromatic rings. The summed E-state index contributed by atoms with van der Waals surface area (Å²) in [6, 6.07) is 2.89. The molecule has 0 aliphatic rings. The summed E-state index contributed by atoms with van der Waals surface area (Å²) in [6.07, 6.45) is -6.04. The van der Waals surface area contributed by atoms with Gasteiger partial charge in [-0.05, 0) is 18.6 Å². The molecule has 0 bridgehead atoms. The van der Waals surface area contributed by atoms with E-state index >= 15 is 0 Å². The SMILES string of the molecule is COC(=O)C(C)OC(=O)COc1ccc(Cn2c(=O)cc(C(F)(F)F)n(C)c2=O)c(Cl)c1Cl. The maximum absolute atomic E-state index is 13.0. The molecule has 0 saturated carbocycles. The fourth-order valence-corrected chi connectivity index (χ4v) is 3.10. The van der Waals surface area contributed by atoms with Crippen LogP contribution in [0.1, 0.15) is 18.2 Å². The van der Waals surface area contributed by atoms with Crippen LogP contribution in [-0.4, -0.2) is 40.9 Å². The molecular weight excluding hydrogens is 496 g/mol. The number of carbonyl (C=O) groups excluding carboxylic acids is 2. The molecule has 0 fully saturated rings. The first-order valence-corrected chi connectivity index (χ1v) is 9.78. The van der Waals surface area contributed by atoms with E-state index < -0.39 is 54.3 Å². The Kier molecular flexibility index (Phi) is 8.20. The van der Waals surface area contributed by atoms with Gasteiger partial charge >= 0.3 is 23.8 Å². The Morgan fingerprint density at radius 3 is 2.36 bits per heavy atom. The minimum atomic E-state index is -4.89. The van der Waals surface area contributed by atoms with Gasteiger partial charge in [0.1, 0.15) is 16.5 Å². The molecule has 0 radical (unpaired) electrons. The quantitative estimate of drug-likeness (QED) is 0.524. The van der Waals surface area contributed by atoms with Gasteiger partial charge in [-0.15, -0.1) is 0 Å². The van der Waals surface area contributed by atoms with Crippen LogP contribution in [0.4, 0.5) is 13.2 Å². The predicted molar refractivity (Wildman–Crippen MR) is 110 cm³/mol. The normalized spacial score (nSPS) is 12.2. The van der Waals surface area contributed by atoms with Gasteiger partial charge in [-0.1, -0.05) is 29.3 Å². The van der Waals surface area contributed by atoms with Crippen molar-refractivity contribution in [2.75, 3.05) is 13.7 Å². The molecule has 14 heteroatoms. The summed E-state index contributed by atoms with van der Waals surface area (Å²) < 4.78 is 54.2. The molecule has 9 nitrogen and oxygen atoms in total. The van der Waals surface area contributed by atoms with Crippen molar-refractivity contribution >= 4 is 35.1 Å². The van der Waals surface area contributed by atoms with Crippen LogP contribution in [0.3, 0.4) is 0 Å². The van der Waals surface area contributed by atoms with E-state index in [1.165, 1.54) is 19.1 Å². The lowest BCUT2D eigenvalue weighted by Crippen LogP contribution is -2.41. The van der Waals surface area contributed by atoms with E-state index in [0.29, 0.717) is 15.2 Å². The standard InChI is InChI=1S/C19H17Cl2F3N2O7/c1-9(17(29)31-3)33-14(28)8-32-11-5-4-10(15(20)16(11)21)7-26-13(27)6-12(19(22,23)24)25(2)18(26)30/h4-6,9H,7-8H2,1-3H3. The third-order valence-corrected chi connectivity index (χ3v) is 5.24. The van der Waals surface area contributed by atoms with Gasteiger partial charge in [0.25, 0.3) is 5.56 Å². The van der Waals surface area contributed by atoms with E-state index in [1.54, 1.807) is 0 Å². The first-order chi connectivity index (χ1) is 15.3. The highest BCUT2D eigenvalue weighted by Crippen LogP contribution is 2.35. The van der Waals surface area contributed by atoms with E-state index in [1.807, 2.05) is 0 Å². The molecule has 1 unspecified atom stereocenters. The third-order valence-electron chi connectivity index (χ3n) is 4.34. The smallest absolute Gasteiger partial charge is 0.431 e. The Morgan fingerprint density at radius 1 is 1.15 bits per heavy atom. The molecular formula is C19H17Cl2F3N2O7. The first-order valence-electron chi connectivity index (χ1n) is 9.03. The van der Waals surface area contributed by atoms with Crippen molar-refractivity contribution in [2.24, 2.45) is 7.05 Å². The number of esters is 2. The monoisotopic (exact) mass is 512 g/mol. The Morgan fingerprint density at radius 2 is 1.79 bits per heavy atom. The summed E-state index contributed by atoms with van der Waals surface area (Å²) in [5, 5.41) is -0.334. The van der Waals surface area contributed by atoms with Crippen molar-refractivity contribution in [2.45, 2.75) is 25.7 Å². The highest BCUT2D eigenvalue weighted by molar-refractivity contribution is 6.43. The number of aromatic nitrogens is 2. The van der Waals surface area contributed by atoms with Crippen molar-refractivity contribution in [3.05, 3.63) is 60.3 Å². The number of nitrogens with zero attached hydrogens (tertiary/aromatic N) is 2. The molecule has 0 saturated heterocycles. The molecule has 0 aliphatic heterocycles. The van der Waals surface area contributed by atoms with Crippen LogP contribution in [-0.2, 0) is 38.8 Å². The Hall–Kier alpha value is -2.99. The molecule has 1 aromatic heterocycles. The molecule has 180 valence electrons. The van der Waals surface area contributed by atoms with Crippen LogP contribution in [0.25, 0.3) is 0 Å². The maximum Gasteiger partial charge on any atom is 0.431 e. The zero-order chi connectivity index (χ0) is 25.1. The maximum atomic E-state index is 13.0. The molecule has 1 atom stereocenters. The lowest BCUT2D eigenvalue weighted by molar-refractivity contribution is -0.165. The van der Waals surface area contributed by atoms with Crippen molar-refractivity contribution in [3.8, 4) is 5.75 Å². The van der Waals surface area contributed by atoms with E-state index in [2.05, 4.69) is 4.74 Å². The number of carbonyl (C=O) groups is 2. The molecule has 2 rings (SSSR count). The number of halogens is 5. The lowest BCUT2D eigenvalue weighted by Gasteiger charge is -2.15. The van der Waals surface area contributed by atoms with Crippen LogP contribution in [0.2, 0.25) is 10.0 Å². The minimum Gasteiger partial charge on any atom is -0.480 e. The number of alkyl halides is 3. The number of hydrogen-bond donors (Lipinski definition) is 0. The number of ether oxygens (including phenoxy) is 3. The van der Waals surface area contributed by atoms with Crippen molar-refractivity contribution < 1.29 is 37.0 Å². The topological polar surface area (TPSA) is 106 Å². The molecule has 0 aliphatic carbocycles. The molecule has 0 N–H and O–H groups in total. The van der Waals surface area contributed by atoms with Gasteiger partial charge in [-0.2, -0.15) is 13.2 Å². The van der Waals surface area contributed by atoms with Gasteiger partial charge in [-0.25, -0.2) is 14.4 Å². The van der Waals surface area contributed by atoms with Gasteiger partial charge < -0.3 is 14.2 Å². The average molecular weight is 513 g/mol. The average Bonchev–Trinajstić information content (AvgIpc) is 2.74. The Balaban J connectivity index is 2.23. The van der Waals surface area contributed by atoms with Crippen molar-refractivity contribution in [3.63, 3.8) is 0 Å². The van der Waals surface area contributed by atoms with E-state index in [9.17, 15) is 32.3 Å². The zero-order valence-corrected chi connectivity index (χ0v) is 18.9. The van der Waals surface area contributed by atoms with E-state index in [4.69, 9.17) is 32.7 Å². The second kappa shape index (κ2) is 10.3. The van der Waals surface area contributed by atoms with Crippen LogP contribution < -0.4 is 16.0 Å². The first kappa shape index (κ1) is 26.3. The van der Waals surface area contributed by atoms with Gasteiger partial charge in [0, 0.05) is 13.1 Å². The summed E-state index contributed by atoms with van der Waals surface area (Å²) in [6.45, 7) is 0.201. The van der Waals surface area contributed by atoms with Gasteiger partial charge in [0.05, 0.1) is 18.7 Å². The zero-order valence-electron chi connectivity index (χ0n) is 17.4. The number of rotatable bonds is 7. The summed E-state index contributed by atoms with van der Waals surface area (Å²) in [7, 11) is 2.01. The highest BCUT2D eigenvalue weighted by atomic mass is 35.5. The fraction of sp³-hybridized carbons (Fsp3) is 0.368.